The smallest absolute Gasteiger partial charge is 0.326 e. The number of ether oxygens (including phenoxy) is 1. The molecule has 0 radical (unpaired) electrons. The minimum Gasteiger partial charge on any atom is -0.494 e. The van der Waals surface area contributed by atoms with Crippen molar-refractivity contribution in [2.24, 2.45) is 0 Å². The third-order valence-electron chi connectivity index (χ3n) is 5.40. The van der Waals surface area contributed by atoms with Crippen molar-refractivity contribution in [3.8, 4) is 5.75 Å². The fraction of sp³-hybridized carbons (Fsp3) is 0.192. The Balaban J connectivity index is 1.45. The fourth-order valence-electron chi connectivity index (χ4n) is 3.75. The minimum atomic E-state index is -0.467. The molecule has 4 amide bonds. The molecule has 2 N–H and O–H groups in total. The van der Waals surface area contributed by atoms with Crippen LogP contribution in [0.2, 0.25) is 0 Å². The number of anilines is 3. The van der Waals surface area contributed by atoms with E-state index in [1.807, 2.05) is 6.92 Å². The first-order valence-electron chi connectivity index (χ1n) is 11.2. The molecule has 0 unspecified atom stereocenters. The zero-order valence-electron chi connectivity index (χ0n) is 19.2. The van der Waals surface area contributed by atoms with Gasteiger partial charge in [0, 0.05) is 12.2 Å². The summed E-state index contributed by atoms with van der Waals surface area (Å²) in [4.78, 5) is 41.2. The maximum absolute atomic E-state index is 13.4. The number of urea groups is 1. The predicted octanol–water partition coefficient (Wildman–Crippen LogP) is 3.93. The Labute approximate surface area is 202 Å². The average Bonchev–Trinajstić information content (AvgIpc) is 2.85. The second-order valence-electron chi connectivity index (χ2n) is 7.85. The van der Waals surface area contributed by atoms with Crippen LogP contribution >= 0.6 is 0 Å². The Morgan fingerprint density at radius 3 is 2.46 bits per heavy atom. The van der Waals surface area contributed by atoms with Crippen LogP contribution in [-0.2, 0) is 16.1 Å². The number of amides is 4. The number of para-hydroxylation sites is 2. The number of carbonyl (C=O) groups is 3. The molecule has 0 aliphatic carbocycles. The summed E-state index contributed by atoms with van der Waals surface area (Å²) in [6.45, 7) is 2.11. The van der Waals surface area contributed by atoms with Gasteiger partial charge in [0.25, 0.3) is 0 Å². The molecule has 0 aromatic heterocycles. The summed E-state index contributed by atoms with van der Waals surface area (Å²) >= 11 is 0. The van der Waals surface area contributed by atoms with Gasteiger partial charge in [-0.2, -0.15) is 0 Å². The van der Waals surface area contributed by atoms with E-state index >= 15 is 0 Å². The van der Waals surface area contributed by atoms with E-state index in [1.54, 1.807) is 60.7 Å². The SMILES string of the molecule is CCOc1ccc(NC(=O)N2CC(=O)N(CC(=O)NCc3cccc(F)c3)c3ccccc32)cc1. The molecule has 0 bridgehead atoms. The number of halogens is 1. The summed E-state index contributed by atoms with van der Waals surface area (Å²) in [5.41, 5.74) is 2.13. The Morgan fingerprint density at radius 2 is 1.74 bits per heavy atom. The average molecular weight is 477 g/mol. The molecule has 0 fully saturated rings. The van der Waals surface area contributed by atoms with E-state index in [-0.39, 0.29) is 25.5 Å². The van der Waals surface area contributed by atoms with Gasteiger partial charge >= 0.3 is 6.03 Å². The highest BCUT2D eigenvalue weighted by Gasteiger charge is 2.33. The molecule has 4 rings (SSSR count). The topological polar surface area (TPSA) is 91.0 Å². The lowest BCUT2D eigenvalue weighted by Gasteiger charge is -2.35. The number of benzene rings is 3. The maximum atomic E-state index is 13.4. The highest BCUT2D eigenvalue weighted by Crippen LogP contribution is 2.33. The number of nitrogens with zero attached hydrogens (tertiary/aromatic N) is 2. The van der Waals surface area contributed by atoms with Crippen LogP contribution in [0.3, 0.4) is 0 Å². The van der Waals surface area contributed by atoms with Gasteiger partial charge in [0.2, 0.25) is 11.8 Å². The molecule has 3 aromatic rings. The minimum absolute atomic E-state index is 0.136. The number of hydrogen-bond donors (Lipinski definition) is 2. The Hall–Kier alpha value is -4.40. The van der Waals surface area contributed by atoms with Crippen molar-refractivity contribution in [3.05, 3.63) is 84.2 Å². The molecule has 0 saturated heterocycles. The number of carbonyl (C=O) groups excluding carboxylic acids is 3. The third-order valence-corrected chi connectivity index (χ3v) is 5.40. The summed E-state index contributed by atoms with van der Waals surface area (Å²) < 4.78 is 18.8. The van der Waals surface area contributed by atoms with Crippen molar-refractivity contribution < 1.29 is 23.5 Å². The van der Waals surface area contributed by atoms with Crippen molar-refractivity contribution in [2.75, 3.05) is 34.8 Å². The van der Waals surface area contributed by atoms with Crippen LogP contribution in [0.1, 0.15) is 12.5 Å². The van der Waals surface area contributed by atoms with Crippen LogP contribution in [0.4, 0.5) is 26.2 Å². The van der Waals surface area contributed by atoms with Crippen LogP contribution in [0.25, 0.3) is 0 Å². The maximum Gasteiger partial charge on any atom is 0.326 e. The fourth-order valence-corrected chi connectivity index (χ4v) is 3.75. The Kier molecular flexibility index (Phi) is 7.25. The largest absolute Gasteiger partial charge is 0.494 e. The molecule has 35 heavy (non-hydrogen) atoms. The highest BCUT2D eigenvalue weighted by atomic mass is 19.1. The molecule has 1 aliphatic heterocycles. The first-order chi connectivity index (χ1) is 16.9. The van der Waals surface area contributed by atoms with Crippen molar-refractivity contribution >= 4 is 34.9 Å². The standard InChI is InChI=1S/C26H25FN4O4/c1-2-35-21-12-10-20(11-13-21)29-26(34)31-17-25(33)30(22-8-3-4-9-23(22)31)16-24(32)28-15-18-6-5-7-19(27)14-18/h3-14H,2,15-17H2,1H3,(H,28,32)(H,29,34). The van der Waals surface area contributed by atoms with Gasteiger partial charge in [0.1, 0.15) is 24.7 Å². The molecular weight excluding hydrogens is 451 g/mol. The molecule has 0 atom stereocenters. The second kappa shape index (κ2) is 10.7. The van der Waals surface area contributed by atoms with E-state index in [0.29, 0.717) is 35.0 Å². The summed E-state index contributed by atoms with van der Waals surface area (Å²) in [6, 6.07) is 19.3. The third kappa shape index (κ3) is 5.75. The predicted molar refractivity (Wildman–Crippen MR) is 131 cm³/mol. The van der Waals surface area contributed by atoms with Crippen LogP contribution < -0.4 is 25.2 Å². The Bertz CT molecular complexity index is 1230. The molecule has 0 spiro atoms. The molecule has 180 valence electrons. The number of rotatable bonds is 7. The molecule has 9 heteroatoms. The van der Waals surface area contributed by atoms with E-state index in [2.05, 4.69) is 10.6 Å². The molecule has 8 nitrogen and oxygen atoms in total. The van der Waals surface area contributed by atoms with Crippen LogP contribution in [0.15, 0.2) is 72.8 Å². The summed E-state index contributed by atoms with van der Waals surface area (Å²) in [5, 5.41) is 5.49. The number of hydrogen-bond acceptors (Lipinski definition) is 4. The number of nitrogens with one attached hydrogen (secondary N) is 2. The van der Waals surface area contributed by atoms with Gasteiger partial charge in [-0.15, -0.1) is 0 Å². The van der Waals surface area contributed by atoms with Gasteiger partial charge < -0.3 is 15.4 Å². The van der Waals surface area contributed by atoms with Gasteiger partial charge in [-0.1, -0.05) is 24.3 Å². The molecule has 1 aliphatic rings. The number of fused-ring (bicyclic) bond motifs is 1. The lowest BCUT2D eigenvalue weighted by Crippen LogP contribution is -2.51. The normalized spacial score (nSPS) is 12.7. The van der Waals surface area contributed by atoms with Crippen LogP contribution in [-0.4, -0.2) is 37.5 Å². The van der Waals surface area contributed by atoms with Gasteiger partial charge in [-0.05, 0) is 61.0 Å². The van der Waals surface area contributed by atoms with E-state index in [0.717, 1.165) is 0 Å². The second-order valence-corrected chi connectivity index (χ2v) is 7.85. The lowest BCUT2D eigenvalue weighted by atomic mass is 10.1. The van der Waals surface area contributed by atoms with E-state index in [4.69, 9.17) is 4.74 Å². The van der Waals surface area contributed by atoms with Crippen molar-refractivity contribution in [2.45, 2.75) is 13.5 Å². The van der Waals surface area contributed by atoms with Gasteiger partial charge in [0.15, 0.2) is 0 Å². The summed E-state index contributed by atoms with van der Waals surface area (Å²) in [6.07, 6.45) is 0. The summed E-state index contributed by atoms with van der Waals surface area (Å²) in [5.74, 6) is -0.494. The molecule has 1 heterocycles. The first kappa shape index (κ1) is 23.7. The quantitative estimate of drug-likeness (QED) is 0.541. The zero-order valence-corrected chi connectivity index (χ0v) is 19.2. The Morgan fingerprint density at radius 1 is 1.00 bits per heavy atom. The molecular formula is C26H25FN4O4. The van der Waals surface area contributed by atoms with Crippen molar-refractivity contribution in [1.82, 2.24) is 5.32 Å². The van der Waals surface area contributed by atoms with Gasteiger partial charge in [-0.25, -0.2) is 9.18 Å². The van der Waals surface area contributed by atoms with Gasteiger partial charge in [-0.3, -0.25) is 19.4 Å². The summed E-state index contributed by atoms with van der Waals surface area (Å²) in [7, 11) is 0. The monoisotopic (exact) mass is 476 g/mol. The van der Waals surface area contributed by atoms with Crippen LogP contribution in [0.5, 0.6) is 5.75 Å². The van der Waals surface area contributed by atoms with E-state index in [1.165, 1.54) is 21.9 Å². The zero-order chi connectivity index (χ0) is 24.8. The van der Waals surface area contributed by atoms with Crippen molar-refractivity contribution in [1.29, 1.82) is 0 Å². The molecule has 3 aromatic carbocycles. The highest BCUT2D eigenvalue weighted by molar-refractivity contribution is 6.15. The van der Waals surface area contributed by atoms with Gasteiger partial charge in [0.05, 0.1) is 18.0 Å². The van der Waals surface area contributed by atoms with E-state index < -0.39 is 17.8 Å². The molecule has 0 saturated carbocycles. The lowest BCUT2D eigenvalue weighted by molar-refractivity contribution is -0.123. The first-order valence-corrected chi connectivity index (χ1v) is 11.2. The van der Waals surface area contributed by atoms with Crippen LogP contribution in [0, 0.1) is 5.82 Å². The van der Waals surface area contributed by atoms with E-state index in [9.17, 15) is 18.8 Å². The van der Waals surface area contributed by atoms with Crippen molar-refractivity contribution in [3.63, 3.8) is 0 Å².